The number of benzene rings is 1. The summed E-state index contributed by atoms with van der Waals surface area (Å²) in [4.78, 5) is 2.10. The van der Waals surface area contributed by atoms with Crippen LogP contribution in [0, 0.1) is 17.3 Å². The van der Waals surface area contributed by atoms with Gasteiger partial charge in [0.2, 0.25) is 0 Å². The van der Waals surface area contributed by atoms with E-state index in [1.807, 2.05) is 14.1 Å². The predicted molar refractivity (Wildman–Crippen MR) is 145 cm³/mol. The number of methoxy groups -OCH3 is 1. The van der Waals surface area contributed by atoms with Crippen LogP contribution in [0.2, 0.25) is 0 Å². The Morgan fingerprint density at radius 1 is 1.05 bits per heavy atom. The van der Waals surface area contributed by atoms with E-state index in [1.165, 1.54) is 16.7 Å². The second-order valence-corrected chi connectivity index (χ2v) is 13.1. The number of anilines is 1. The van der Waals surface area contributed by atoms with E-state index in [-0.39, 0.29) is 24.4 Å². The monoisotopic (exact) mass is 527 g/mol. The molecule has 4 aliphatic carbocycles. The number of nitrogens with zero attached hydrogens (tertiary/aromatic N) is 1. The van der Waals surface area contributed by atoms with Crippen LogP contribution < -0.4 is 4.90 Å². The van der Waals surface area contributed by atoms with Crippen molar-refractivity contribution in [1.82, 2.24) is 0 Å². The summed E-state index contributed by atoms with van der Waals surface area (Å²) < 4.78 is 17.4. The summed E-state index contributed by atoms with van der Waals surface area (Å²) in [5.74, 6) is -0.0719. The van der Waals surface area contributed by atoms with Crippen molar-refractivity contribution in [2.75, 3.05) is 45.9 Å². The van der Waals surface area contributed by atoms with E-state index < -0.39 is 28.5 Å². The van der Waals surface area contributed by atoms with E-state index in [9.17, 15) is 15.3 Å². The lowest BCUT2D eigenvalue weighted by Crippen LogP contribution is -2.59. The van der Waals surface area contributed by atoms with Crippen LogP contribution in [-0.2, 0) is 14.2 Å². The highest BCUT2D eigenvalue weighted by Gasteiger charge is 2.66. The van der Waals surface area contributed by atoms with Gasteiger partial charge < -0.3 is 34.4 Å². The predicted octanol–water partition coefficient (Wildman–Crippen LogP) is 3.76. The first-order valence-electron chi connectivity index (χ1n) is 14.5. The molecule has 5 aliphatic rings. The molecule has 7 atom stereocenters. The van der Waals surface area contributed by atoms with Gasteiger partial charge in [0.25, 0.3) is 0 Å². The topological polar surface area (TPSA) is 91.6 Å². The molecule has 1 saturated heterocycles. The molecule has 4 fully saturated rings. The average molecular weight is 528 g/mol. The molecule has 7 heteroatoms. The van der Waals surface area contributed by atoms with Gasteiger partial charge in [-0.05, 0) is 73.6 Å². The fourth-order valence-electron chi connectivity index (χ4n) is 9.20. The van der Waals surface area contributed by atoms with Crippen LogP contribution in [0.1, 0.15) is 69.8 Å². The van der Waals surface area contributed by atoms with E-state index in [2.05, 4.69) is 36.1 Å². The fraction of sp³-hybridized carbons (Fsp3) is 0.742. The van der Waals surface area contributed by atoms with Crippen LogP contribution in [0.3, 0.4) is 0 Å². The van der Waals surface area contributed by atoms with Gasteiger partial charge in [0.05, 0.1) is 31.0 Å². The molecular formula is C31H45NO6. The Bertz CT molecular complexity index is 1080. The molecule has 0 radical (unpaired) electrons. The quantitative estimate of drug-likeness (QED) is 0.502. The van der Waals surface area contributed by atoms with Crippen molar-refractivity contribution in [1.29, 1.82) is 0 Å². The molecule has 3 saturated carbocycles. The SMILES string of the molecule is COCC(O)[C@@]1(O)CC[C@H]2[C@@H]3CCC4(O)CC5(CCC4=C3C(c3ccc(N(C)C)cc3)C[C@@]21C)OCCO5. The highest BCUT2D eigenvalue weighted by Crippen LogP contribution is 2.68. The molecule has 0 bridgehead atoms. The van der Waals surface area contributed by atoms with Gasteiger partial charge in [0.1, 0.15) is 6.10 Å². The molecule has 210 valence electrons. The van der Waals surface area contributed by atoms with Crippen molar-refractivity contribution in [3.8, 4) is 0 Å². The molecular weight excluding hydrogens is 482 g/mol. The Kier molecular flexibility index (Phi) is 6.53. The van der Waals surface area contributed by atoms with Crippen molar-refractivity contribution in [3.63, 3.8) is 0 Å². The smallest absolute Gasteiger partial charge is 0.171 e. The van der Waals surface area contributed by atoms with Gasteiger partial charge in [-0.3, -0.25) is 0 Å². The maximum Gasteiger partial charge on any atom is 0.171 e. The van der Waals surface area contributed by atoms with E-state index in [1.54, 1.807) is 7.11 Å². The number of hydrogen-bond acceptors (Lipinski definition) is 7. The molecule has 6 rings (SSSR count). The minimum absolute atomic E-state index is 0.0677. The van der Waals surface area contributed by atoms with Crippen molar-refractivity contribution in [2.24, 2.45) is 17.3 Å². The number of rotatable bonds is 5. The van der Waals surface area contributed by atoms with Gasteiger partial charge in [0.15, 0.2) is 5.79 Å². The zero-order valence-electron chi connectivity index (χ0n) is 23.4. The number of fused-ring (bicyclic) bond motifs is 4. The lowest BCUT2D eigenvalue weighted by molar-refractivity contribution is -0.209. The summed E-state index contributed by atoms with van der Waals surface area (Å²) in [6.07, 6.45) is 4.84. The molecule has 7 nitrogen and oxygen atoms in total. The minimum Gasteiger partial charge on any atom is -0.388 e. The van der Waals surface area contributed by atoms with Crippen LogP contribution >= 0.6 is 0 Å². The van der Waals surface area contributed by atoms with E-state index >= 15 is 0 Å². The molecule has 1 heterocycles. The average Bonchev–Trinajstić information content (AvgIpc) is 3.45. The molecule has 1 aromatic carbocycles. The number of hydrogen-bond donors (Lipinski definition) is 3. The zero-order valence-corrected chi connectivity index (χ0v) is 23.4. The summed E-state index contributed by atoms with van der Waals surface area (Å²) in [7, 11) is 5.67. The van der Waals surface area contributed by atoms with E-state index in [0.29, 0.717) is 32.5 Å². The van der Waals surface area contributed by atoms with Crippen LogP contribution in [0.4, 0.5) is 5.69 Å². The van der Waals surface area contributed by atoms with Gasteiger partial charge in [-0.1, -0.05) is 24.6 Å². The molecule has 38 heavy (non-hydrogen) atoms. The fourth-order valence-corrected chi connectivity index (χ4v) is 9.20. The maximum absolute atomic E-state index is 12.2. The summed E-state index contributed by atoms with van der Waals surface area (Å²) in [5.41, 5.74) is 2.35. The number of ether oxygens (including phenoxy) is 3. The third-order valence-electron chi connectivity index (χ3n) is 11.1. The number of aliphatic hydroxyl groups excluding tert-OH is 1. The van der Waals surface area contributed by atoms with Gasteiger partial charge in [-0.25, -0.2) is 0 Å². The second kappa shape index (κ2) is 9.28. The zero-order chi connectivity index (χ0) is 26.9. The first-order valence-corrected chi connectivity index (χ1v) is 14.5. The summed E-state index contributed by atoms with van der Waals surface area (Å²) in [6.45, 7) is 3.51. The standard InChI is InChI=1S/C31H45NO6/c1-28-17-23(20-5-7-21(8-6-20)32(2)3)27-22(24(28)11-14-31(28,35)26(33)18-36-4)9-12-29(34)19-30(13-10-25(27)29)37-15-16-38-30/h5-8,22-24,26,33-35H,9-19H2,1-4H3/t22-,23?,24-,26?,28-,29?,31-/m0/s1. The van der Waals surface area contributed by atoms with Crippen LogP contribution in [0.5, 0.6) is 0 Å². The lowest BCUT2D eigenvalue weighted by atomic mass is 9.49. The molecule has 1 spiro atoms. The molecule has 3 unspecified atom stereocenters. The largest absolute Gasteiger partial charge is 0.388 e. The summed E-state index contributed by atoms with van der Waals surface area (Å²) in [5, 5.41) is 35.4. The Hall–Kier alpha value is -1.48. The van der Waals surface area contributed by atoms with Crippen LogP contribution in [0.25, 0.3) is 0 Å². The Labute approximate surface area is 226 Å². The Balaban J connectivity index is 1.46. The molecule has 0 amide bonds. The van der Waals surface area contributed by atoms with Crippen molar-refractivity contribution >= 4 is 5.69 Å². The summed E-state index contributed by atoms with van der Waals surface area (Å²) >= 11 is 0. The third kappa shape index (κ3) is 3.84. The third-order valence-corrected chi connectivity index (χ3v) is 11.1. The normalized spacial score (nSPS) is 40.6. The molecule has 1 aliphatic heterocycles. The highest BCUT2D eigenvalue weighted by molar-refractivity contribution is 5.50. The van der Waals surface area contributed by atoms with Crippen molar-refractivity contribution < 1.29 is 29.5 Å². The van der Waals surface area contributed by atoms with Crippen LogP contribution in [-0.4, -0.2) is 79.4 Å². The van der Waals surface area contributed by atoms with E-state index in [0.717, 1.165) is 37.8 Å². The molecule has 0 aromatic heterocycles. The first-order chi connectivity index (χ1) is 18.1. The number of allylic oxidation sites excluding steroid dienone is 1. The van der Waals surface area contributed by atoms with Crippen molar-refractivity contribution in [2.45, 2.75) is 87.3 Å². The van der Waals surface area contributed by atoms with Gasteiger partial charge >= 0.3 is 0 Å². The van der Waals surface area contributed by atoms with E-state index in [4.69, 9.17) is 14.2 Å². The van der Waals surface area contributed by atoms with Gasteiger partial charge in [-0.2, -0.15) is 0 Å². The van der Waals surface area contributed by atoms with Gasteiger partial charge in [-0.15, -0.1) is 0 Å². The van der Waals surface area contributed by atoms with Crippen LogP contribution in [0.15, 0.2) is 35.4 Å². The second-order valence-electron chi connectivity index (χ2n) is 13.1. The first kappa shape index (κ1) is 26.7. The Morgan fingerprint density at radius 3 is 2.42 bits per heavy atom. The molecule has 3 N–H and O–H groups in total. The Morgan fingerprint density at radius 2 is 1.76 bits per heavy atom. The molecule has 1 aromatic rings. The van der Waals surface area contributed by atoms with Crippen molar-refractivity contribution in [3.05, 3.63) is 41.0 Å². The maximum atomic E-state index is 12.2. The van der Waals surface area contributed by atoms with Gasteiger partial charge in [0, 0.05) is 51.1 Å². The lowest BCUT2D eigenvalue weighted by Gasteiger charge is -2.58. The highest BCUT2D eigenvalue weighted by atomic mass is 16.7. The number of aliphatic hydroxyl groups is 3. The minimum atomic E-state index is -1.21. The summed E-state index contributed by atoms with van der Waals surface area (Å²) in [6, 6.07) is 8.76.